The Hall–Kier alpha value is -4.20. The lowest BCUT2D eigenvalue weighted by Gasteiger charge is -2.08. The molecule has 2 aromatic carbocycles. The third kappa shape index (κ3) is 4.23. The fourth-order valence-corrected chi connectivity index (χ4v) is 3.22. The van der Waals surface area contributed by atoms with Crippen molar-refractivity contribution in [3.8, 4) is 17.0 Å². The van der Waals surface area contributed by atoms with Crippen molar-refractivity contribution in [1.82, 2.24) is 14.2 Å². The average Bonchev–Trinajstić information content (AvgIpc) is 3.21. The van der Waals surface area contributed by atoms with Crippen LogP contribution in [0.3, 0.4) is 0 Å². The number of Topliss-reactive ketones (excluding diaryl/α,β-unsaturated/α-hetero) is 1. The number of methoxy groups -OCH3 is 1. The summed E-state index contributed by atoms with van der Waals surface area (Å²) >= 11 is 0. The van der Waals surface area contributed by atoms with Gasteiger partial charge in [0.15, 0.2) is 5.78 Å². The maximum atomic E-state index is 12.9. The number of hydrogen-bond donors (Lipinski definition) is 1. The van der Waals surface area contributed by atoms with Gasteiger partial charge in [0.2, 0.25) is 5.91 Å². The smallest absolute Gasteiger partial charge is 0.277 e. The van der Waals surface area contributed by atoms with E-state index < -0.39 is 0 Å². The summed E-state index contributed by atoms with van der Waals surface area (Å²) in [5.74, 6) is 0.267. The zero-order chi connectivity index (χ0) is 22.0. The summed E-state index contributed by atoms with van der Waals surface area (Å²) in [7, 11) is 1.60. The molecular weight excluding hydrogens is 396 g/mol. The van der Waals surface area contributed by atoms with E-state index in [1.54, 1.807) is 43.6 Å². The third-order valence-corrected chi connectivity index (χ3v) is 4.86. The summed E-state index contributed by atoms with van der Waals surface area (Å²) in [6, 6.07) is 15.7. The van der Waals surface area contributed by atoms with Crippen LogP contribution in [0.4, 0.5) is 5.69 Å². The number of ether oxygens (including phenoxy) is 1. The van der Waals surface area contributed by atoms with Crippen LogP contribution in [-0.4, -0.2) is 33.0 Å². The largest absolute Gasteiger partial charge is 0.497 e. The molecule has 0 aliphatic rings. The summed E-state index contributed by atoms with van der Waals surface area (Å²) in [4.78, 5) is 36.8. The molecule has 0 spiro atoms. The number of fused-ring (bicyclic) bond motifs is 1. The molecule has 0 radical (unpaired) electrons. The number of aromatic nitrogens is 3. The van der Waals surface area contributed by atoms with Gasteiger partial charge in [0.05, 0.1) is 12.8 Å². The fraction of sp³-hybridized carbons (Fsp3) is 0.130. The minimum absolute atomic E-state index is 0.0915. The van der Waals surface area contributed by atoms with Crippen molar-refractivity contribution in [2.45, 2.75) is 13.5 Å². The molecule has 0 saturated heterocycles. The lowest BCUT2D eigenvalue weighted by molar-refractivity contribution is -0.116. The van der Waals surface area contributed by atoms with Gasteiger partial charge in [-0.1, -0.05) is 12.1 Å². The van der Waals surface area contributed by atoms with Crippen LogP contribution in [0.15, 0.2) is 71.8 Å². The molecule has 8 nitrogen and oxygen atoms in total. The van der Waals surface area contributed by atoms with E-state index in [9.17, 15) is 14.4 Å². The van der Waals surface area contributed by atoms with Crippen LogP contribution in [-0.2, 0) is 11.3 Å². The third-order valence-electron chi connectivity index (χ3n) is 4.86. The molecule has 0 fully saturated rings. The van der Waals surface area contributed by atoms with Crippen molar-refractivity contribution in [3.05, 3.63) is 82.9 Å². The van der Waals surface area contributed by atoms with Crippen molar-refractivity contribution >= 4 is 22.9 Å². The standard InChI is InChI=1S/C23H20N4O4/c1-15(28)17-4-3-5-18(12-17)24-22(29)14-26-10-11-27-21(23(26)30)13-20(25-27)16-6-8-19(31-2)9-7-16/h3-13H,14H2,1-2H3,(H,24,29). The molecule has 0 aliphatic heterocycles. The monoisotopic (exact) mass is 416 g/mol. The van der Waals surface area contributed by atoms with Gasteiger partial charge in [0, 0.05) is 29.2 Å². The van der Waals surface area contributed by atoms with Gasteiger partial charge in [-0.25, -0.2) is 4.52 Å². The number of ketones is 1. The van der Waals surface area contributed by atoms with Crippen molar-refractivity contribution in [1.29, 1.82) is 0 Å². The molecule has 156 valence electrons. The summed E-state index contributed by atoms with van der Waals surface area (Å²) in [5, 5.41) is 7.16. The highest BCUT2D eigenvalue weighted by Gasteiger charge is 2.12. The van der Waals surface area contributed by atoms with E-state index in [1.807, 2.05) is 24.3 Å². The number of amides is 1. The predicted octanol–water partition coefficient (Wildman–Crippen LogP) is 3.01. The fourth-order valence-electron chi connectivity index (χ4n) is 3.22. The molecule has 2 heterocycles. The molecule has 1 amide bonds. The second-order valence-electron chi connectivity index (χ2n) is 7.00. The maximum Gasteiger partial charge on any atom is 0.277 e. The number of nitrogens with one attached hydrogen (secondary N) is 1. The first-order valence-corrected chi connectivity index (χ1v) is 9.59. The van der Waals surface area contributed by atoms with Gasteiger partial charge in [0.1, 0.15) is 17.8 Å². The van der Waals surface area contributed by atoms with E-state index in [-0.39, 0.29) is 23.8 Å². The van der Waals surface area contributed by atoms with Gasteiger partial charge in [-0.15, -0.1) is 0 Å². The molecule has 0 aliphatic carbocycles. The van der Waals surface area contributed by atoms with Crippen LogP contribution in [0.25, 0.3) is 16.8 Å². The summed E-state index contributed by atoms with van der Waals surface area (Å²) < 4.78 is 7.97. The molecule has 0 bridgehead atoms. The van der Waals surface area contributed by atoms with Crippen LogP contribution >= 0.6 is 0 Å². The van der Waals surface area contributed by atoms with Crippen molar-refractivity contribution < 1.29 is 14.3 Å². The minimum Gasteiger partial charge on any atom is -0.497 e. The Bertz CT molecular complexity index is 1340. The molecule has 0 atom stereocenters. The van der Waals surface area contributed by atoms with Gasteiger partial charge >= 0.3 is 0 Å². The highest BCUT2D eigenvalue weighted by molar-refractivity contribution is 5.97. The lowest BCUT2D eigenvalue weighted by atomic mass is 10.1. The molecule has 0 saturated carbocycles. The number of anilines is 1. The predicted molar refractivity (Wildman–Crippen MR) is 117 cm³/mol. The Morgan fingerprint density at radius 3 is 2.55 bits per heavy atom. The Kier molecular flexibility index (Phi) is 5.36. The zero-order valence-electron chi connectivity index (χ0n) is 17.0. The summed E-state index contributed by atoms with van der Waals surface area (Å²) in [5.41, 5.74) is 2.52. The van der Waals surface area contributed by atoms with Crippen molar-refractivity contribution in [3.63, 3.8) is 0 Å². The van der Waals surface area contributed by atoms with Crippen molar-refractivity contribution in [2.75, 3.05) is 12.4 Å². The summed E-state index contributed by atoms with van der Waals surface area (Å²) in [6.45, 7) is 1.30. The van der Waals surface area contributed by atoms with Crippen LogP contribution in [0.5, 0.6) is 5.75 Å². The van der Waals surface area contributed by atoms with E-state index in [0.717, 1.165) is 11.3 Å². The number of carbonyl (C=O) groups is 2. The normalized spacial score (nSPS) is 10.8. The van der Waals surface area contributed by atoms with Gasteiger partial charge < -0.3 is 14.6 Å². The second kappa shape index (κ2) is 8.27. The first-order valence-electron chi connectivity index (χ1n) is 9.59. The maximum absolute atomic E-state index is 12.9. The Morgan fingerprint density at radius 1 is 1.06 bits per heavy atom. The van der Waals surface area contributed by atoms with Crippen LogP contribution < -0.4 is 15.6 Å². The van der Waals surface area contributed by atoms with Gasteiger partial charge in [-0.05, 0) is 49.4 Å². The van der Waals surface area contributed by atoms with Gasteiger partial charge in [-0.2, -0.15) is 5.10 Å². The quantitative estimate of drug-likeness (QED) is 0.488. The summed E-state index contributed by atoms with van der Waals surface area (Å²) in [6.07, 6.45) is 3.15. The number of hydrogen-bond acceptors (Lipinski definition) is 5. The Morgan fingerprint density at radius 2 is 1.84 bits per heavy atom. The van der Waals surface area contributed by atoms with E-state index >= 15 is 0 Å². The highest BCUT2D eigenvalue weighted by Crippen LogP contribution is 2.21. The number of rotatable bonds is 6. The SMILES string of the molecule is COc1ccc(-c2cc3c(=O)n(CC(=O)Nc4cccc(C(C)=O)c4)ccn3n2)cc1. The van der Waals surface area contributed by atoms with Crippen LogP contribution in [0.1, 0.15) is 17.3 Å². The van der Waals surface area contributed by atoms with Gasteiger partial charge in [0.25, 0.3) is 5.56 Å². The zero-order valence-corrected chi connectivity index (χ0v) is 17.0. The minimum atomic E-state index is -0.373. The molecule has 8 heteroatoms. The molecule has 0 unspecified atom stereocenters. The van der Waals surface area contributed by atoms with E-state index in [1.165, 1.54) is 22.2 Å². The Balaban J connectivity index is 1.56. The topological polar surface area (TPSA) is 94.7 Å². The highest BCUT2D eigenvalue weighted by atomic mass is 16.5. The first-order chi connectivity index (χ1) is 14.9. The van der Waals surface area contributed by atoms with E-state index in [0.29, 0.717) is 22.5 Å². The van der Waals surface area contributed by atoms with E-state index in [2.05, 4.69) is 10.4 Å². The average molecular weight is 416 g/mol. The molecule has 4 rings (SSSR count). The van der Waals surface area contributed by atoms with Crippen LogP contribution in [0, 0.1) is 0 Å². The van der Waals surface area contributed by atoms with Crippen LogP contribution in [0.2, 0.25) is 0 Å². The molecule has 1 N–H and O–H groups in total. The molecule has 4 aromatic rings. The lowest BCUT2D eigenvalue weighted by Crippen LogP contribution is -2.28. The second-order valence-corrected chi connectivity index (χ2v) is 7.00. The molecular formula is C23H20N4O4. The number of carbonyl (C=O) groups excluding carboxylic acids is 2. The van der Waals surface area contributed by atoms with E-state index in [4.69, 9.17) is 4.74 Å². The Labute approximate surface area is 177 Å². The number of benzene rings is 2. The molecule has 31 heavy (non-hydrogen) atoms. The number of nitrogens with zero attached hydrogens (tertiary/aromatic N) is 3. The first kappa shape index (κ1) is 20.1. The van der Waals surface area contributed by atoms with Crippen molar-refractivity contribution in [2.24, 2.45) is 0 Å². The molecule has 2 aromatic heterocycles. The van der Waals surface area contributed by atoms with Gasteiger partial charge in [-0.3, -0.25) is 14.4 Å².